The number of nitrogens with zero attached hydrogens (tertiary/aromatic N) is 3. The number of carbonyl (C=O) groups is 1. The Bertz CT molecular complexity index is 1430. The predicted molar refractivity (Wildman–Crippen MR) is 157 cm³/mol. The molecule has 40 heavy (non-hydrogen) atoms. The van der Waals surface area contributed by atoms with Gasteiger partial charge in [0.2, 0.25) is 5.91 Å². The maximum atomic E-state index is 14.1. The lowest BCUT2D eigenvalue weighted by Gasteiger charge is -2.34. The minimum atomic E-state index is -0.264. The smallest absolute Gasteiger partial charge is 0.224 e. The van der Waals surface area contributed by atoms with Gasteiger partial charge in [-0.2, -0.15) is 0 Å². The number of rotatable bonds is 10. The number of aryl methyl sites for hydroxylation is 1. The zero-order valence-electron chi connectivity index (χ0n) is 23.1. The number of anilines is 1. The lowest BCUT2D eigenvalue weighted by molar-refractivity contribution is -0.132. The zero-order chi connectivity index (χ0) is 28.1. The van der Waals surface area contributed by atoms with Crippen LogP contribution in [0, 0.1) is 5.82 Å². The minimum Gasteiger partial charge on any atom is -0.385 e. The first-order chi connectivity index (χ1) is 19.4. The number of methoxy groups -OCH3 is 1. The number of fused-ring (bicyclic) bond motifs is 1. The van der Waals surface area contributed by atoms with Gasteiger partial charge in [-0.1, -0.05) is 24.3 Å². The van der Waals surface area contributed by atoms with Crippen molar-refractivity contribution in [2.24, 2.45) is 5.73 Å². The van der Waals surface area contributed by atoms with Crippen LogP contribution in [0.1, 0.15) is 42.9 Å². The predicted octanol–water partition coefficient (Wildman–Crippen LogP) is 5.13. The fraction of sp³-hybridized carbons (Fsp3) is 0.375. The highest BCUT2D eigenvalue weighted by atomic mass is 19.1. The van der Waals surface area contributed by atoms with E-state index < -0.39 is 0 Å². The molecule has 4 N–H and O–H groups in total. The summed E-state index contributed by atoms with van der Waals surface area (Å²) < 4.78 is 21.6. The molecule has 210 valence electrons. The topological polar surface area (TPSA) is 99.4 Å². The summed E-state index contributed by atoms with van der Waals surface area (Å²) in [7, 11) is 1.69. The van der Waals surface area contributed by atoms with Crippen LogP contribution in [0.4, 0.5) is 10.2 Å². The Labute approximate surface area is 234 Å². The van der Waals surface area contributed by atoms with Gasteiger partial charge in [0, 0.05) is 74.6 Å². The highest BCUT2D eigenvalue weighted by Gasteiger charge is 2.28. The maximum absolute atomic E-state index is 14.1. The van der Waals surface area contributed by atoms with E-state index >= 15 is 0 Å². The van der Waals surface area contributed by atoms with Crippen molar-refractivity contribution in [1.82, 2.24) is 14.5 Å². The number of nitrogens with two attached hydrogens (primary N) is 2. The van der Waals surface area contributed by atoms with Crippen molar-refractivity contribution in [3.63, 3.8) is 0 Å². The third-order valence-corrected chi connectivity index (χ3v) is 7.83. The van der Waals surface area contributed by atoms with E-state index in [-0.39, 0.29) is 23.7 Å². The molecule has 2 aromatic carbocycles. The van der Waals surface area contributed by atoms with E-state index in [4.69, 9.17) is 16.2 Å². The van der Waals surface area contributed by atoms with E-state index in [0.29, 0.717) is 31.8 Å². The monoisotopic (exact) mass is 543 g/mol. The molecule has 1 fully saturated rings. The number of halogens is 1. The van der Waals surface area contributed by atoms with Gasteiger partial charge in [0.1, 0.15) is 11.6 Å². The summed E-state index contributed by atoms with van der Waals surface area (Å²) in [6.07, 6.45) is 5.46. The van der Waals surface area contributed by atoms with E-state index in [9.17, 15) is 9.18 Å². The van der Waals surface area contributed by atoms with Crippen molar-refractivity contribution in [3.05, 3.63) is 83.9 Å². The van der Waals surface area contributed by atoms with Gasteiger partial charge in [-0.3, -0.25) is 4.79 Å². The fourth-order valence-electron chi connectivity index (χ4n) is 5.79. The third kappa shape index (κ3) is 6.51. The summed E-state index contributed by atoms with van der Waals surface area (Å²) in [5.74, 6) is 0.546. The van der Waals surface area contributed by atoms with Gasteiger partial charge in [-0.15, -0.1) is 0 Å². The van der Waals surface area contributed by atoms with Gasteiger partial charge in [-0.05, 0) is 73.2 Å². The molecule has 7 nitrogen and oxygen atoms in total. The van der Waals surface area contributed by atoms with Crippen LogP contribution in [0.5, 0.6) is 0 Å². The molecule has 1 aliphatic heterocycles. The van der Waals surface area contributed by atoms with Crippen LogP contribution in [-0.4, -0.2) is 53.2 Å². The van der Waals surface area contributed by atoms with Crippen LogP contribution in [0.25, 0.3) is 22.0 Å². The SMILES string of the molecule is COCCCn1c(C2CCCN(C(=O)C[C@H](N)Cc3ccc(-c4ccc(N)nc4)cc3)C2)cc2ccc(F)cc21. The van der Waals surface area contributed by atoms with Crippen LogP contribution in [-0.2, 0) is 22.5 Å². The van der Waals surface area contributed by atoms with Crippen LogP contribution >= 0.6 is 0 Å². The fourth-order valence-corrected chi connectivity index (χ4v) is 5.79. The first kappa shape index (κ1) is 27.8. The normalized spacial score (nSPS) is 16.4. The molecule has 1 unspecified atom stereocenters. The lowest BCUT2D eigenvalue weighted by atomic mass is 9.93. The zero-order valence-corrected chi connectivity index (χ0v) is 23.1. The minimum absolute atomic E-state index is 0.0925. The third-order valence-electron chi connectivity index (χ3n) is 7.83. The molecule has 0 saturated carbocycles. The van der Waals surface area contributed by atoms with Gasteiger partial charge in [0.05, 0.1) is 5.52 Å². The van der Waals surface area contributed by atoms with E-state index in [2.05, 4.69) is 27.8 Å². The van der Waals surface area contributed by atoms with Crippen LogP contribution in [0.2, 0.25) is 0 Å². The molecule has 0 spiro atoms. The average Bonchev–Trinajstić information content (AvgIpc) is 3.31. The number of likely N-dealkylation sites (tertiary alicyclic amines) is 1. The molecule has 5 rings (SSSR count). The van der Waals surface area contributed by atoms with Crippen molar-refractivity contribution in [1.29, 1.82) is 0 Å². The first-order valence-electron chi connectivity index (χ1n) is 14.0. The van der Waals surface area contributed by atoms with Gasteiger partial charge >= 0.3 is 0 Å². The molecule has 2 atom stereocenters. The highest BCUT2D eigenvalue weighted by Crippen LogP contribution is 2.33. The lowest BCUT2D eigenvalue weighted by Crippen LogP contribution is -2.42. The van der Waals surface area contributed by atoms with Gasteiger partial charge in [0.25, 0.3) is 0 Å². The number of aromatic nitrogens is 2. The van der Waals surface area contributed by atoms with Gasteiger partial charge < -0.3 is 25.7 Å². The second-order valence-corrected chi connectivity index (χ2v) is 10.8. The van der Waals surface area contributed by atoms with Crippen molar-refractivity contribution < 1.29 is 13.9 Å². The Morgan fingerprint density at radius 2 is 1.93 bits per heavy atom. The Kier molecular flexibility index (Phi) is 8.77. The number of benzene rings is 2. The molecule has 1 aliphatic rings. The molecule has 0 aliphatic carbocycles. The molecule has 0 bridgehead atoms. The first-order valence-corrected chi connectivity index (χ1v) is 14.0. The Hall–Kier alpha value is -3.75. The molecule has 0 radical (unpaired) electrons. The van der Waals surface area contributed by atoms with E-state index in [1.54, 1.807) is 25.4 Å². The van der Waals surface area contributed by atoms with E-state index in [0.717, 1.165) is 65.6 Å². The summed E-state index contributed by atoms with van der Waals surface area (Å²) in [4.78, 5) is 19.4. The summed E-state index contributed by atoms with van der Waals surface area (Å²) >= 11 is 0. The molecular weight excluding hydrogens is 505 g/mol. The quantitative estimate of drug-likeness (QED) is 0.270. The molecule has 1 amide bonds. The van der Waals surface area contributed by atoms with Crippen LogP contribution in [0.15, 0.2) is 66.9 Å². The van der Waals surface area contributed by atoms with Crippen LogP contribution < -0.4 is 11.5 Å². The molecule has 1 saturated heterocycles. The van der Waals surface area contributed by atoms with Gasteiger partial charge in [-0.25, -0.2) is 9.37 Å². The van der Waals surface area contributed by atoms with Crippen molar-refractivity contribution >= 4 is 22.6 Å². The van der Waals surface area contributed by atoms with E-state index in [1.807, 2.05) is 29.2 Å². The van der Waals surface area contributed by atoms with Crippen LogP contribution in [0.3, 0.4) is 0 Å². The molecule has 8 heteroatoms. The number of ether oxygens (including phenoxy) is 1. The molecule has 3 heterocycles. The Morgan fingerprint density at radius 1 is 1.12 bits per heavy atom. The Morgan fingerprint density at radius 3 is 2.67 bits per heavy atom. The largest absolute Gasteiger partial charge is 0.385 e. The number of pyridine rings is 1. The summed E-state index contributed by atoms with van der Waals surface area (Å²) in [5, 5.41) is 1.03. The molecular formula is C32H38FN5O2. The number of piperidine rings is 1. The maximum Gasteiger partial charge on any atom is 0.224 e. The Balaban J connectivity index is 1.22. The molecule has 2 aromatic heterocycles. The number of hydrogen-bond donors (Lipinski definition) is 2. The van der Waals surface area contributed by atoms with E-state index in [1.165, 1.54) is 6.07 Å². The van der Waals surface area contributed by atoms with Crippen molar-refractivity contribution in [3.8, 4) is 11.1 Å². The number of carbonyl (C=O) groups excluding carboxylic acids is 1. The average molecular weight is 544 g/mol. The van der Waals surface area contributed by atoms with Gasteiger partial charge in [0.15, 0.2) is 0 Å². The number of nitrogen functional groups attached to an aromatic ring is 1. The van der Waals surface area contributed by atoms with Crippen molar-refractivity contribution in [2.75, 3.05) is 32.5 Å². The summed E-state index contributed by atoms with van der Waals surface area (Å²) in [6, 6.07) is 18.8. The second kappa shape index (κ2) is 12.6. The number of amides is 1. The van der Waals surface area contributed by atoms with Crippen molar-refractivity contribution in [2.45, 2.75) is 50.6 Å². The molecule has 4 aromatic rings. The second-order valence-electron chi connectivity index (χ2n) is 10.8. The standard InChI is InChI=1S/C32H38FN5O2/c1-40-15-3-14-38-29(17-24-9-11-27(33)18-30(24)38)26-4-2-13-37(21-26)32(39)19-28(34)16-22-5-7-23(8-6-22)25-10-12-31(35)36-20-25/h5-12,17-18,20,26,28H,2-4,13-16,19,21,34H2,1H3,(H2,35,36)/t26?,28-/m1/s1. The summed E-state index contributed by atoms with van der Waals surface area (Å²) in [6.45, 7) is 2.78. The summed E-state index contributed by atoms with van der Waals surface area (Å²) in [5.41, 5.74) is 17.4. The highest BCUT2D eigenvalue weighted by molar-refractivity contribution is 5.82. The number of hydrogen-bond acceptors (Lipinski definition) is 5.